The Labute approximate surface area is 220 Å². The number of anilines is 1. The normalized spacial score (nSPS) is 29.4. The van der Waals surface area contributed by atoms with Crippen LogP contribution >= 0.6 is 0 Å². The van der Waals surface area contributed by atoms with Gasteiger partial charge in [0.05, 0.1) is 9.64 Å². The number of sulfone groups is 1. The van der Waals surface area contributed by atoms with E-state index in [0.717, 1.165) is 31.4 Å². The molecule has 4 aliphatic carbocycles. The fourth-order valence-electron chi connectivity index (χ4n) is 7.10. The quantitative estimate of drug-likeness (QED) is 0.471. The Kier molecular flexibility index (Phi) is 5.27. The van der Waals surface area contributed by atoms with Crippen LogP contribution in [-0.2, 0) is 9.84 Å². The molecule has 7 rings (SSSR count). The molecule has 5 atom stereocenters. The van der Waals surface area contributed by atoms with E-state index in [1.165, 1.54) is 0 Å². The van der Waals surface area contributed by atoms with Crippen molar-refractivity contribution in [3.63, 3.8) is 0 Å². The largest absolute Gasteiger partial charge is 0.360 e. The smallest absolute Gasteiger partial charge is 0.273 e. The molecule has 4 saturated carbocycles. The van der Waals surface area contributed by atoms with Gasteiger partial charge < -0.3 is 15.2 Å². The van der Waals surface area contributed by atoms with Crippen molar-refractivity contribution in [1.82, 2.24) is 15.5 Å². The van der Waals surface area contributed by atoms with Gasteiger partial charge in [0.25, 0.3) is 11.8 Å². The van der Waals surface area contributed by atoms with Crippen molar-refractivity contribution >= 4 is 27.3 Å². The molecular formula is C28H28N4O5S. The minimum absolute atomic E-state index is 0.0270. The first-order valence-corrected chi connectivity index (χ1v) is 14.7. The number of rotatable bonds is 7. The molecule has 0 spiro atoms. The number of pyridine rings is 1. The highest BCUT2D eigenvalue weighted by atomic mass is 32.2. The second-order valence-corrected chi connectivity index (χ2v) is 13.6. The lowest BCUT2D eigenvalue weighted by Crippen LogP contribution is -2.73. The van der Waals surface area contributed by atoms with Crippen LogP contribution in [0, 0.1) is 17.8 Å². The predicted octanol–water partition coefficient (Wildman–Crippen LogP) is 3.96. The maximum absolute atomic E-state index is 13.7. The minimum atomic E-state index is -3.52. The summed E-state index contributed by atoms with van der Waals surface area (Å²) in [6, 6.07) is 11.5. The second kappa shape index (κ2) is 8.49. The predicted molar refractivity (Wildman–Crippen MR) is 137 cm³/mol. The van der Waals surface area contributed by atoms with Crippen LogP contribution in [0.4, 0.5) is 5.69 Å². The van der Waals surface area contributed by atoms with E-state index in [1.54, 1.807) is 54.9 Å². The number of benzene rings is 1. The van der Waals surface area contributed by atoms with E-state index < -0.39 is 14.6 Å². The second-order valence-electron chi connectivity index (χ2n) is 11.3. The van der Waals surface area contributed by atoms with Gasteiger partial charge >= 0.3 is 0 Å². The van der Waals surface area contributed by atoms with Gasteiger partial charge in [-0.05, 0) is 92.7 Å². The summed E-state index contributed by atoms with van der Waals surface area (Å²) in [6.45, 7) is 0. The lowest BCUT2D eigenvalue weighted by molar-refractivity contribution is -0.106. The number of nitrogens with zero attached hydrogens (tertiary/aromatic N) is 2. The Balaban J connectivity index is 0.989. The first-order valence-electron chi connectivity index (χ1n) is 13.2. The summed E-state index contributed by atoms with van der Waals surface area (Å²) in [7, 11) is -3.52. The summed E-state index contributed by atoms with van der Waals surface area (Å²) < 4.78 is 32.0. The number of nitrogens with one attached hydrogen (secondary N) is 2. The molecule has 0 aliphatic heterocycles. The third kappa shape index (κ3) is 3.68. The highest BCUT2D eigenvalue weighted by Gasteiger charge is 2.72. The van der Waals surface area contributed by atoms with Crippen molar-refractivity contribution in [3.05, 3.63) is 71.9 Å². The molecule has 0 bridgehead atoms. The van der Waals surface area contributed by atoms with Crippen LogP contribution in [-0.4, -0.2) is 41.2 Å². The van der Waals surface area contributed by atoms with Crippen LogP contribution in [0.25, 0.3) is 0 Å². The lowest BCUT2D eigenvalue weighted by Gasteiger charge is -2.69. The molecule has 0 saturated heterocycles. The molecule has 38 heavy (non-hydrogen) atoms. The summed E-state index contributed by atoms with van der Waals surface area (Å²) in [5.74, 6) is 1.43. The fraction of sp³-hybridized carbons (Fsp3) is 0.429. The number of hydrogen-bond acceptors (Lipinski definition) is 7. The maximum atomic E-state index is 13.7. The third-order valence-corrected chi connectivity index (χ3v) is 11.6. The first kappa shape index (κ1) is 23.6. The minimum Gasteiger partial charge on any atom is -0.360 e. The van der Waals surface area contributed by atoms with Crippen molar-refractivity contribution in [1.29, 1.82) is 0 Å². The van der Waals surface area contributed by atoms with Crippen LogP contribution in [0.1, 0.15) is 71.0 Å². The molecule has 2 N–H and O–H groups in total. The van der Waals surface area contributed by atoms with Crippen LogP contribution < -0.4 is 10.6 Å². The zero-order valence-electron chi connectivity index (χ0n) is 20.7. The molecule has 4 fully saturated rings. The van der Waals surface area contributed by atoms with Crippen LogP contribution in [0.5, 0.6) is 0 Å². The Morgan fingerprint density at radius 1 is 0.947 bits per heavy atom. The average molecular weight is 533 g/mol. The fourth-order valence-corrected chi connectivity index (χ4v) is 9.67. The number of amides is 2. The van der Waals surface area contributed by atoms with Crippen molar-refractivity contribution in [2.24, 2.45) is 17.8 Å². The SMILES string of the molecule is O=C(Nc1ccc(S(=O)(=O)C23C[C@H]4C[C@H](NC(=O)c5cc(C6CC6)on5)C[C@@H](C2)C43)cc1)c1ccncc1. The molecule has 9 nitrogen and oxygen atoms in total. The van der Waals surface area contributed by atoms with Crippen molar-refractivity contribution < 1.29 is 22.5 Å². The van der Waals surface area contributed by atoms with Gasteiger partial charge in [0.15, 0.2) is 15.5 Å². The molecule has 2 heterocycles. The number of carbonyl (C=O) groups is 2. The molecule has 2 unspecified atom stereocenters. The van der Waals surface area contributed by atoms with Gasteiger partial charge in [0.2, 0.25) is 0 Å². The first-order chi connectivity index (χ1) is 18.3. The van der Waals surface area contributed by atoms with E-state index in [-0.39, 0.29) is 23.8 Å². The van der Waals surface area contributed by atoms with Gasteiger partial charge in [0.1, 0.15) is 5.76 Å². The average Bonchev–Trinajstić information content (AvgIpc) is 3.62. The van der Waals surface area contributed by atoms with Crippen molar-refractivity contribution in [2.45, 2.75) is 60.1 Å². The van der Waals surface area contributed by atoms with Crippen molar-refractivity contribution in [3.8, 4) is 0 Å². The third-order valence-electron chi connectivity index (χ3n) is 8.99. The zero-order valence-corrected chi connectivity index (χ0v) is 21.5. The van der Waals surface area contributed by atoms with E-state index >= 15 is 0 Å². The van der Waals surface area contributed by atoms with Gasteiger partial charge in [-0.3, -0.25) is 14.6 Å². The summed E-state index contributed by atoms with van der Waals surface area (Å²) in [5.41, 5.74) is 1.34. The zero-order chi connectivity index (χ0) is 26.1. The van der Waals surface area contributed by atoms with Crippen LogP contribution in [0.15, 0.2) is 64.3 Å². The van der Waals surface area contributed by atoms with Gasteiger partial charge in [-0.15, -0.1) is 0 Å². The molecule has 196 valence electrons. The summed E-state index contributed by atoms with van der Waals surface area (Å²) in [6.07, 6.45) is 8.09. The number of hydrogen-bond donors (Lipinski definition) is 2. The maximum Gasteiger partial charge on any atom is 0.273 e. The van der Waals surface area contributed by atoms with Crippen LogP contribution in [0.2, 0.25) is 0 Å². The van der Waals surface area contributed by atoms with E-state index in [2.05, 4.69) is 20.8 Å². The Hall–Kier alpha value is -3.53. The summed E-state index contributed by atoms with van der Waals surface area (Å²) in [5, 5.41) is 9.85. The molecule has 4 aliphatic rings. The highest BCUT2D eigenvalue weighted by Crippen LogP contribution is 2.70. The van der Waals surface area contributed by atoms with E-state index in [0.29, 0.717) is 52.4 Å². The van der Waals surface area contributed by atoms with Crippen molar-refractivity contribution in [2.75, 3.05) is 5.32 Å². The highest BCUT2D eigenvalue weighted by molar-refractivity contribution is 7.93. The standard InChI is InChI=1S/C28H28N4O5S/c33-26(17-7-9-29-10-8-17)30-20-3-5-22(6-4-20)38(35,36)28-14-18-11-21(12-19(15-28)25(18)28)31-27(34)23-13-24(37-32-23)16-1-2-16/h3-10,13,16,18-19,21,25H,1-2,11-12,14-15H2,(H,30,33)(H,31,34)/t18-,19+,21+,25?,28?. The Morgan fingerprint density at radius 2 is 1.63 bits per heavy atom. The topological polar surface area (TPSA) is 131 Å². The van der Waals surface area contributed by atoms with Crippen LogP contribution in [0.3, 0.4) is 0 Å². The molecule has 2 amide bonds. The van der Waals surface area contributed by atoms with E-state index in [4.69, 9.17) is 4.52 Å². The Morgan fingerprint density at radius 3 is 2.29 bits per heavy atom. The molecule has 3 aromatic rings. The van der Waals surface area contributed by atoms with E-state index in [9.17, 15) is 18.0 Å². The lowest BCUT2D eigenvalue weighted by atomic mass is 9.42. The van der Waals surface area contributed by atoms with Gasteiger partial charge in [-0.25, -0.2) is 8.42 Å². The van der Waals surface area contributed by atoms with Gasteiger partial charge in [-0.1, -0.05) is 5.16 Å². The Bertz CT molecular complexity index is 1500. The van der Waals surface area contributed by atoms with Gasteiger partial charge in [-0.2, -0.15) is 0 Å². The molecule has 1 aromatic carbocycles. The molecule has 10 heteroatoms. The molecule has 0 radical (unpaired) electrons. The monoisotopic (exact) mass is 532 g/mol. The number of carbonyl (C=O) groups excluding carboxylic acids is 2. The van der Waals surface area contributed by atoms with E-state index in [1.807, 2.05) is 0 Å². The summed E-state index contributed by atoms with van der Waals surface area (Å²) >= 11 is 0. The summed E-state index contributed by atoms with van der Waals surface area (Å²) in [4.78, 5) is 29.3. The molecular weight excluding hydrogens is 504 g/mol. The number of aromatic nitrogens is 2. The van der Waals surface area contributed by atoms with Gasteiger partial charge in [0, 0.05) is 41.7 Å². The molecule has 2 aromatic heterocycles.